The van der Waals surface area contributed by atoms with Gasteiger partial charge in [0, 0.05) is 13.1 Å². The fourth-order valence-electron chi connectivity index (χ4n) is 1.22. The zero-order chi connectivity index (χ0) is 12.3. The molecule has 2 aromatic heterocycles. The standard InChI is InChI=1S/C9H11N5O2S/c1-6-3-7(13-16-6)4-14(2)9(15)11-8-12-10-5-17-8/h3,5H,4H2,1-2H3,(H,11,12,15). The predicted octanol–water partition coefficient (Wildman–Crippen LogP) is 1.50. The highest BCUT2D eigenvalue weighted by molar-refractivity contribution is 7.13. The van der Waals surface area contributed by atoms with Crippen molar-refractivity contribution in [1.82, 2.24) is 20.3 Å². The van der Waals surface area contributed by atoms with Gasteiger partial charge in [-0.3, -0.25) is 5.32 Å². The third-order valence-electron chi connectivity index (χ3n) is 2.00. The van der Waals surface area contributed by atoms with Gasteiger partial charge >= 0.3 is 6.03 Å². The van der Waals surface area contributed by atoms with Crippen molar-refractivity contribution in [3.8, 4) is 0 Å². The Kier molecular flexibility index (Phi) is 3.33. The maximum atomic E-state index is 11.7. The molecule has 2 amide bonds. The summed E-state index contributed by atoms with van der Waals surface area (Å²) in [5, 5.41) is 14.3. The van der Waals surface area contributed by atoms with E-state index in [-0.39, 0.29) is 6.03 Å². The van der Waals surface area contributed by atoms with Gasteiger partial charge < -0.3 is 9.42 Å². The number of carbonyl (C=O) groups is 1. The average Bonchev–Trinajstić information content (AvgIpc) is 2.90. The van der Waals surface area contributed by atoms with Crippen molar-refractivity contribution in [2.45, 2.75) is 13.5 Å². The summed E-state index contributed by atoms with van der Waals surface area (Å²) in [5.41, 5.74) is 2.26. The number of amides is 2. The Morgan fingerprint density at radius 3 is 3.06 bits per heavy atom. The van der Waals surface area contributed by atoms with Gasteiger partial charge in [0.25, 0.3) is 0 Å². The van der Waals surface area contributed by atoms with Gasteiger partial charge in [0.05, 0.1) is 6.54 Å². The minimum absolute atomic E-state index is 0.262. The topological polar surface area (TPSA) is 84.2 Å². The van der Waals surface area contributed by atoms with Gasteiger partial charge in [-0.1, -0.05) is 16.5 Å². The Bertz CT molecular complexity index is 495. The molecule has 0 saturated heterocycles. The lowest BCUT2D eigenvalue weighted by Gasteiger charge is -2.14. The molecule has 2 rings (SSSR count). The van der Waals surface area contributed by atoms with Crippen LogP contribution in [0, 0.1) is 6.92 Å². The number of carbonyl (C=O) groups excluding carboxylic acids is 1. The third kappa shape index (κ3) is 3.00. The summed E-state index contributed by atoms with van der Waals surface area (Å²) < 4.78 is 4.92. The largest absolute Gasteiger partial charge is 0.361 e. The van der Waals surface area contributed by atoms with E-state index in [1.54, 1.807) is 25.5 Å². The Labute approximate surface area is 101 Å². The van der Waals surface area contributed by atoms with Crippen molar-refractivity contribution in [2.75, 3.05) is 12.4 Å². The second-order valence-electron chi connectivity index (χ2n) is 3.46. The molecule has 0 unspecified atom stereocenters. The van der Waals surface area contributed by atoms with E-state index in [2.05, 4.69) is 20.7 Å². The summed E-state index contributed by atoms with van der Waals surface area (Å²) in [5.74, 6) is 0.720. The zero-order valence-electron chi connectivity index (χ0n) is 9.38. The molecule has 7 nitrogen and oxygen atoms in total. The maximum Gasteiger partial charge on any atom is 0.323 e. The first-order chi connectivity index (χ1) is 8.15. The molecule has 0 atom stereocenters. The number of hydrogen-bond acceptors (Lipinski definition) is 6. The van der Waals surface area contributed by atoms with Crippen LogP contribution in [0.1, 0.15) is 11.5 Å². The number of anilines is 1. The van der Waals surface area contributed by atoms with Crippen molar-refractivity contribution in [1.29, 1.82) is 0 Å². The molecule has 0 spiro atoms. The highest BCUT2D eigenvalue weighted by Crippen LogP contribution is 2.10. The summed E-state index contributed by atoms with van der Waals surface area (Å²) in [6.45, 7) is 2.18. The van der Waals surface area contributed by atoms with Crippen molar-refractivity contribution >= 4 is 22.5 Å². The quantitative estimate of drug-likeness (QED) is 0.896. The van der Waals surface area contributed by atoms with Crippen LogP contribution in [0.2, 0.25) is 0 Å². The minimum atomic E-state index is -0.262. The Morgan fingerprint density at radius 2 is 2.47 bits per heavy atom. The van der Waals surface area contributed by atoms with E-state index in [4.69, 9.17) is 4.52 Å². The number of urea groups is 1. The fourth-order valence-corrected chi connectivity index (χ4v) is 1.66. The van der Waals surface area contributed by atoms with Crippen LogP contribution in [0.3, 0.4) is 0 Å². The average molecular weight is 253 g/mol. The Hall–Kier alpha value is -1.96. The summed E-state index contributed by atoms with van der Waals surface area (Å²) in [6.07, 6.45) is 0. The highest BCUT2D eigenvalue weighted by atomic mass is 32.1. The Balaban J connectivity index is 1.91. The molecule has 8 heteroatoms. The smallest absolute Gasteiger partial charge is 0.323 e. The van der Waals surface area contributed by atoms with E-state index in [1.807, 2.05) is 0 Å². The first kappa shape index (κ1) is 11.5. The number of nitrogens with zero attached hydrogens (tertiary/aromatic N) is 4. The van der Waals surface area contributed by atoms with Gasteiger partial charge in [0.1, 0.15) is 17.0 Å². The summed E-state index contributed by atoms with van der Waals surface area (Å²) in [4.78, 5) is 13.2. The minimum Gasteiger partial charge on any atom is -0.361 e. The fraction of sp³-hybridized carbons (Fsp3) is 0.333. The van der Waals surface area contributed by atoms with Crippen molar-refractivity contribution in [3.05, 3.63) is 23.0 Å². The molecule has 0 bridgehead atoms. The number of aryl methyl sites for hydroxylation is 1. The lowest BCUT2D eigenvalue weighted by molar-refractivity contribution is 0.219. The third-order valence-corrected chi connectivity index (χ3v) is 2.60. The molecule has 0 aliphatic carbocycles. The first-order valence-corrected chi connectivity index (χ1v) is 5.73. The molecule has 0 fully saturated rings. The molecule has 2 aromatic rings. The van der Waals surface area contributed by atoms with Crippen LogP contribution >= 0.6 is 11.3 Å². The number of aromatic nitrogens is 3. The number of rotatable bonds is 3. The van der Waals surface area contributed by atoms with Crippen LogP contribution in [0.15, 0.2) is 16.1 Å². The van der Waals surface area contributed by atoms with E-state index in [9.17, 15) is 4.79 Å². The first-order valence-electron chi connectivity index (χ1n) is 4.85. The summed E-state index contributed by atoms with van der Waals surface area (Å²) in [6, 6.07) is 1.52. The van der Waals surface area contributed by atoms with Crippen LogP contribution in [-0.2, 0) is 6.54 Å². The van der Waals surface area contributed by atoms with Gasteiger partial charge in [-0.05, 0) is 6.92 Å². The second-order valence-corrected chi connectivity index (χ2v) is 4.29. The van der Waals surface area contributed by atoms with Gasteiger partial charge in [-0.15, -0.1) is 10.2 Å². The molecule has 90 valence electrons. The lowest BCUT2D eigenvalue weighted by Crippen LogP contribution is -2.30. The van der Waals surface area contributed by atoms with E-state index >= 15 is 0 Å². The molecule has 2 heterocycles. The van der Waals surface area contributed by atoms with Crippen LogP contribution in [-0.4, -0.2) is 33.3 Å². The molecule has 0 radical (unpaired) electrons. The van der Waals surface area contributed by atoms with Gasteiger partial charge in [0.2, 0.25) is 5.13 Å². The molecule has 0 aliphatic heterocycles. The van der Waals surface area contributed by atoms with E-state index < -0.39 is 0 Å². The molecule has 0 aliphatic rings. The van der Waals surface area contributed by atoms with E-state index in [1.165, 1.54) is 16.2 Å². The molecular weight excluding hydrogens is 242 g/mol. The van der Waals surface area contributed by atoms with E-state index in [0.29, 0.717) is 17.4 Å². The van der Waals surface area contributed by atoms with Crippen molar-refractivity contribution in [2.24, 2.45) is 0 Å². The number of hydrogen-bond donors (Lipinski definition) is 1. The summed E-state index contributed by atoms with van der Waals surface area (Å²) in [7, 11) is 1.67. The van der Waals surface area contributed by atoms with Crippen molar-refractivity contribution in [3.63, 3.8) is 0 Å². The van der Waals surface area contributed by atoms with E-state index in [0.717, 1.165) is 5.76 Å². The zero-order valence-corrected chi connectivity index (χ0v) is 10.2. The molecule has 0 saturated carbocycles. The summed E-state index contributed by atoms with van der Waals surface area (Å²) >= 11 is 1.26. The Morgan fingerprint density at radius 1 is 1.65 bits per heavy atom. The molecule has 17 heavy (non-hydrogen) atoms. The lowest BCUT2D eigenvalue weighted by atomic mass is 10.3. The monoisotopic (exact) mass is 253 g/mol. The number of nitrogens with one attached hydrogen (secondary N) is 1. The predicted molar refractivity (Wildman–Crippen MR) is 61.6 cm³/mol. The molecule has 1 N–H and O–H groups in total. The normalized spacial score (nSPS) is 10.2. The van der Waals surface area contributed by atoms with Crippen LogP contribution < -0.4 is 5.32 Å². The van der Waals surface area contributed by atoms with Gasteiger partial charge in [-0.2, -0.15) is 0 Å². The highest BCUT2D eigenvalue weighted by Gasteiger charge is 2.12. The van der Waals surface area contributed by atoms with Gasteiger partial charge in [0.15, 0.2) is 0 Å². The van der Waals surface area contributed by atoms with Gasteiger partial charge in [-0.25, -0.2) is 4.79 Å². The van der Waals surface area contributed by atoms with Crippen LogP contribution in [0.5, 0.6) is 0 Å². The second kappa shape index (κ2) is 4.91. The van der Waals surface area contributed by atoms with Crippen LogP contribution in [0.4, 0.5) is 9.93 Å². The van der Waals surface area contributed by atoms with Crippen LogP contribution in [0.25, 0.3) is 0 Å². The maximum absolute atomic E-state index is 11.7. The SMILES string of the molecule is Cc1cc(CN(C)C(=O)Nc2nncs2)no1. The van der Waals surface area contributed by atoms with Crippen molar-refractivity contribution < 1.29 is 9.32 Å². The molecule has 0 aromatic carbocycles. The molecular formula is C9H11N5O2S.